The number of nitriles is 1. The molecule has 0 saturated carbocycles. The van der Waals surface area contributed by atoms with Gasteiger partial charge in [-0.3, -0.25) is 0 Å². The van der Waals surface area contributed by atoms with E-state index in [1.54, 1.807) is 6.20 Å². The molecule has 1 aromatic heterocycles. The van der Waals surface area contributed by atoms with Gasteiger partial charge < -0.3 is 19.5 Å². The maximum absolute atomic E-state index is 9.85. The van der Waals surface area contributed by atoms with E-state index in [0.29, 0.717) is 17.9 Å². The van der Waals surface area contributed by atoms with Gasteiger partial charge in [-0.1, -0.05) is 18.2 Å². The van der Waals surface area contributed by atoms with Gasteiger partial charge in [-0.2, -0.15) is 5.26 Å². The lowest BCUT2D eigenvalue weighted by Gasteiger charge is -2.29. The highest BCUT2D eigenvalue weighted by molar-refractivity contribution is 5.90. The van der Waals surface area contributed by atoms with E-state index in [1.807, 2.05) is 26.0 Å². The predicted molar refractivity (Wildman–Crippen MR) is 121 cm³/mol. The van der Waals surface area contributed by atoms with Gasteiger partial charge in [-0.05, 0) is 54.4 Å². The molecule has 1 N–H and O–H groups in total. The lowest BCUT2D eigenvalue weighted by molar-refractivity contribution is 0.0714. The minimum atomic E-state index is -0.620. The second-order valence-electron chi connectivity index (χ2n) is 8.33. The van der Waals surface area contributed by atoms with Crippen LogP contribution in [0.1, 0.15) is 25.8 Å². The standard InChI is InChI=1S/C25H27N3O3/c1-25(2,8-12-29)31-24-23(17-26)22(7-9-27-24)20-4-3-19-16-21(6-5-18(19)15-20)28-10-13-30-14-11-28/h3-7,9,15-16,29H,8,10-14H2,1-2H3. The Balaban J connectivity index is 1.68. The molecule has 0 bridgehead atoms. The van der Waals surface area contributed by atoms with Gasteiger partial charge in [0.15, 0.2) is 0 Å². The molecule has 1 aliphatic heterocycles. The highest BCUT2D eigenvalue weighted by atomic mass is 16.5. The Morgan fingerprint density at radius 3 is 2.61 bits per heavy atom. The average Bonchev–Trinajstić information content (AvgIpc) is 2.78. The zero-order valence-corrected chi connectivity index (χ0v) is 18.0. The van der Waals surface area contributed by atoms with Gasteiger partial charge >= 0.3 is 0 Å². The maximum atomic E-state index is 9.85. The molecule has 1 fully saturated rings. The van der Waals surface area contributed by atoms with E-state index in [0.717, 1.165) is 48.2 Å². The Morgan fingerprint density at radius 2 is 1.87 bits per heavy atom. The Morgan fingerprint density at radius 1 is 1.13 bits per heavy atom. The SMILES string of the molecule is CC(C)(CCO)Oc1nccc(-c2ccc3cc(N4CCOCC4)ccc3c2)c1C#N. The predicted octanol–water partition coefficient (Wildman–Crippen LogP) is 4.15. The zero-order chi connectivity index (χ0) is 21.8. The Kier molecular flexibility index (Phi) is 6.08. The van der Waals surface area contributed by atoms with Crippen molar-refractivity contribution in [1.82, 2.24) is 4.98 Å². The fourth-order valence-corrected chi connectivity index (χ4v) is 3.87. The first-order valence-electron chi connectivity index (χ1n) is 10.6. The van der Waals surface area contributed by atoms with Gasteiger partial charge in [-0.25, -0.2) is 4.98 Å². The van der Waals surface area contributed by atoms with E-state index in [-0.39, 0.29) is 6.61 Å². The van der Waals surface area contributed by atoms with Crippen LogP contribution in [0, 0.1) is 11.3 Å². The molecule has 0 aliphatic carbocycles. The Bertz CT molecular complexity index is 1110. The minimum Gasteiger partial charge on any atom is -0.471 e. The molecule has 0 atom stereocenters. The maximum Gasteiger partial charge on any atom is 0.232 e. The van der Waals surface area contributed by atoms with Gasteiger partial charge in [0.1, 0.15) is 17.2 Å². The molecule has 0 amide bonds. The number of hydrogen-bond donors (Lipinski definition) is 1. The number of ether oxygens (including phenoxy) is 2. The van der Waals surface area contributed by atoms with Crippen LogP contribution in [0.3, 0.4) is 0 Å². The highest BCUT2D eigenvalue weighted by Crippen LogP contribution is 2.33. The second-order valence-corrected chi connectivity index (χ2v) is 8.33. The molecule has 3 aromatic rings. The molecule has 0 spiro atoms. The smallest absolute Gasteiger partial charge is 0.232 e. The number of aliphatic hydroxyl groups excluding tert-OH is 1. The summed E-state index contributed by atoms with van der Waals surface area (Å²) in [6.07, 6.45) is 2.11. The number of benzene rings is 2. The molecule has 31 heavy (non-hydrogen) atoms. The first-order chi connectivity index (χ1) is 15.0. The number of hydrogen-bond acceptors (Lipinski definition) is 6. The number of fused-ring (bicyclic) bond motifs is 1. The molecular weight excluding hydrogens is 390 g/mol. The fraction of sp³-hybridized carbons (Fsp3) is 0.360. The molecule has 1 saturated heterocycles. The largest absolute Gasteiger partial charge is 0.471 e. The molecule has 6 nitrogen and oxygen atoms in total. The normalized spacial score (nSPS) is 14.5. The van der Waals surface area contributed by atoms with Crippen molar-refractivity contribution in [3.8, 4) is 23.1 Å². The van der Waals surface area contributed by atoms with Crippen LogP contribution in [-0.2, 0) is 4.74 Å². The summed E-state index contributed by atoms with van der Waals surface area (Å²) in [5, 5.41) is 21.4. The van der Waals surface area contributed by atoms with Crippen molar-refractivity contribution in [1.29, 1.82) is 5.26 Å². The first kappa shape index (κ1) is 21.1. The summed E-state index contributed by atoms with van der Waals surface area (Å²) >= 11 is 0. The topological polar surface area (TPSA) is 78.6 Å². The second kappa shape index (κ2) is 8.93. The molecule has 0 radical (unpaired) electrons. The molecule has 6 heteroatoms. The third-order valence-corrected chi connectivity index (χ3v) is 5.63. The Hall–Kier alpha value is -3.14. The lowest BCUT2D eigenvalue weighted by Crippen LogP contribution is -2.36. The third kappa shape index (κ3) is 4.63. The van der Waals surface area contributed by atoms with Crippen molar-refractivity contribution in [3.63, 3.8) is 0 Å². The van der Waals surface area contributed by atoms with Crippen molar-refractivity contribution in [3.05, 3.63) is 54.2 Å². The van der Waals surface area contributed by atoms with E-state index in [9.17, 15) is 10.4 Å². The number of anilines is 1. The Labute approximate surface area is 182 Å². The summed E-state index contributed by atoms with van der Waals surface area (Å²) in [7, 11) is 0. The summed E-state index contributed by atoms with van der Waals surface area (Å²) in [6, 6.07) is 16.8. The molecule has 160 valence electrons. The van der Waals surface area contributed by atoms with E-state index >= 15 is 0 Å². The summed E-state index contributed by atoms with van der Waals surface area (Å²) in [4.78, 5) is 6.63. The minimum absolute atomic E-state index is 0.00565. The van der Waals surface area contributed by atoms with Crippen LogP contribution in [0.5, 0.6) is 5.88 Å². The third-order valence-electron chi connectivity index (χ3n) is 5.63. The average molecular weight is 418 g/mol. The van der Waals surface area contributed by atoms with Crippen LogP contribution in [-0.4, -0.2) is 48.6 Å². The summed E-state index contributed by atoms with van der Waals surface area (Å²) < 4.78 is 11.4. The van der Waals surface area contributed by atoms with Crippen LogP contribution in [0.25, 0.3) is 21.9 Å². The number of rotatable bonds is 6. The van der Waals surface area contributed by atoms with Crippen LogP contribution in [0.15, 0.2) is 48.7 Å². The molecule has 0 unspecified atom stereocenters. The van der Waals surface area contributed by atoms with Crippen LogP contribution in [0.2, 0.25) is 0 Å². The van der Waals surface area contributed by atoms with Crippen molar-refractivity contribution in [2.45, 2.75) is 25.9 Å². The highest BCUT2D eigenvalue weighted by Gasteiger charge is 2.23. The van der Waals surface area contributed by atoms with Crippen LogP contribution >= 0.6 is 0 Å². The fourth-order valence-electron chi connectivity index (χ4n) is 3.87. The number of pyridine rings is 1. The summed E-state index contributed by atoms with van der Waals surface area (Å²) in [5.74, 6) is 0.293. The lowest BCUT2D eigenvalue weighted by atomic mass is 9.98. The van der Waals surface area contributed by atoms with Crippen LogP contribution < -0.4 is 9.64 Å². The van der Waals surface area contributed by atoms with Gasteiger partial charge in [0.25, 0.3) is 0 Å². The zero-order valence-electron chi connectivity index (χ0n) is 18.0. The quantitative estimate of drug-likeness (QED) is 0.649. The van der Waals surface area contributed by atoms with Crippen molar-refractivity contribution < 1.29 is 14.6 Å². The first-order valence-corrected chi connectivity index (χ1v) is 10.6. The van der Waals surface area contributed by atoms with Gasteiger partial charge in [0.05, 0.1) is 13.2 Å². The summed E-state index contributed by atoms with van der Waals surface area (Å²) in [5.41, 5.74) is 2.71. The number of morpholine rings is 1. The van der Waals surface area contributed by atoms with Crippen molar-refractivity contribution in [2.75, 3.05) is 37.8 Å². The molecule has 2 heterocycles. The summed E-state index contributed by atoms with van der Waals surface area (Å²) in [6.45, 7) is 7.08. The van der Waals surface area contributed by atoms with E-state index < -0.39 is 5.60 Å². The van der Waals surface area contributed by atoms with E-state index in [1.165, 1.54) is 5.69 Å². The molecular formula is C25H27N3O3. The molecule has 1 aliphatic rings. The van der Waals surface area contributed by atoms with E-state index in [2.05, 4.69) is 46.3 Å². The van der Waals surface area contributed by atoms with Gasteiger partial charge in [-0.15, -0.1) is 0 Å². The van der Waals surface area contributed by atoms with Gasteiger partial charge in [0.2, 0.25) is 5.88 Å². The van der Waals surface area contributed by atoms with E-state index in [4.69, 9.17) is 9.47 Å². The monoisotopic (exact) mass is 417 g/mol. The number of nitrogens with zero attached hydrogens (tertiary/aromatic N) is 3. The van der Waals surface area contributed by atoms with Crippen molar-refractivity contribution >= 4 is 16.5 Å². The number of aliphatic hydroxyl groups is 1. The van der Waals surface area contributed by atoms with Crippen molar-refractivity contribution in [2.24, 2.45) is 0 Å². The molecule has 4 rings (SSSR count). The van der Waals surface area contributed by atoms with Gasteiger partial charge in [0, 0.05) is 43.6 Å². The number of aromatic nitrogens is 1. The van der Waals surface area contributed by atoms with Crippen LogP contribution in [0.4, 0.5) is 5.69 Å². The molecule has 2 aromatic carbocycles.